The molecule has 96 valence electrons. The van der Waals surface area contributed by atoms with Crippen molar-refractivity contribution in [3.05, 3.63) is 65.9 Å². The average molecular weight is 270 g/mol. The fourth-order valence-corrected chi connectivity index (χ4v) is 2.81. The summed E-state index contributed by atoms with van der Waals surface area (Å²) in [6.45, 7) is 0. The number of aliphatic hydroxyl groups excluding tert-OH is 1. The highest BCUT2D eigenvalue weighted by Gasteiger charge is 2.18. The van der Waals surface area contributed by atoms with Crippen molar-refractivity contribution in [2.75, 3.05) is 6.26 Å². The number of rotatable bonds is 3. The maximum atomic E-state index is 10.5. The van der Waals surface area contributed by atoms with Gasteiger partial charge in [0.25, 0.3) is 0 Å². The number of benzene rings is 2. The normalized spacial score (nSPS) is 12.7. The molecule has 2 aromatic carbocycles. The number of aliphatic hydroxyl groups is 1. The van der Waals surface area contributed by atoms with Gasteiger partial charge in [0.2, 0.25) is 0 Å². The van der Waals surface area contributed by atoms with Crippen LogP contribution in [0.4, 0.5) is 0 Å². The van der Waals surface area contributed by atoms with Crippen LogP contribution in [0.2, 0.25) is 0 Å². The van der Waals surface area contributed by atoms with Crippen molar-refractivity contribution >= 4 is 22.7 Å². The molecule has 1 atom stereocenters. The first kappa shape index (κ1) is 12.3. The van der Waals surface area contributed by atoms with Crippen molar-refractivity contribution < 1.29 is 9.52 Å². The molecule has 3 rings (SSSR count). The second-order valence-electron chi connectivity index (χ2n) is 4.33. The van der Waals surface area contributed by atoms with Crippen LogP contribution in [0.25, 0.3) is 11.0 Å². The number of hydrogen-bond donors (Lipinski definition) is 1. The molecule has 0 amide bonds. The summed E-state index contributed by atoms with van der Waals surface area (Å²) in [6.07, 6.45) is 1.28. The highest BCUT2D eigenvalue weighted by atomic mass is 32.2. The highest BCUT2D eigenvalue weighted by Crippen LogP contribution is 2.32. The van der Waals surface area contributed by atoms with Crippen molar-refractivity contribution in [3.8, 4) is 0 Å². The predicted octanol–water partition coefficient (Wildman–Crippen LogP) is 4.24. The van der Waals surface area contributed by atoms with Crippen LogP contribution in [0, 0.1) is 0 Å². The van der Waals surface area contributed by atoms with Gasteiger partial charge in [0, 0.05) is 15.8 Å². The summed E-state index contributed by atoms with van der Waals surface area (Å²) >= 11 is 1.62. The summed E-state index contributed by atoms with van der Waals surface area (Å²) in [4.78, 5) is 1.07. The third kappa shape index (κ3) is 2.27. The second-order valence-corrected chi connectivity index (χ2v) is 5.18. The minimum atomic E-state index is -0.726. The van der Waals surface area contributed by atoms with Crippen LogP contribution in [-0.4, -0.2) is 11.4 Å². The Morgan fingerprint density at radius 2 is 1.79 bits per heavy atom. The molecule has 0 aliphatic carbocycles. The Morgan fingerprint density at radius 1 is 1.05 bits per heavy atom. The lowest BCUT2D eigenvalue weighted by Gasteiger charge is -2.11. The minimum absolute atomic E-state index is 0.586. The Morgan fingerprint density at radius 3 is 2.58 bits per heavy atom. The predicted molar refractivity (Wildman–Crippen MR) is 78.5 cm³/mol. The maximum Gasteiger partial charge on any atom is 0.138 e. The molecule has 3 heteroatoms. The smallest absolute Gasteiger partial charge is 0.138 e. The molecule has 3 aromatic rings. The summed E-state index contributed by atoms with van der Waals surface area (Å²) in [5, 5.41) is 11.5. The highest BCUT2D eigenvalue weighted by molar-refractivity contribution is 7.98. The fraction of sp³-hybridized carbons (Fsp3) is 0.125. The van der Waals surface area contributed by atoms with Crippen LogP contribution in [-0.2, 0) is 0 Å². The Balaban J connectivity index is 2.05. The first-order valence-electron chi connectivity index (χ1n) is 6.09. The van der Waals surface area contributed by atoms with Gasteiger partial charge in [0.05, 0.1) is 0 Å². The van der Waals surface area contributed by atoms with Gasteiger partial charge >= 0.3 is 0 Å². The molecular formula is C16H14O2S. The Bertz CT molecular complexity index is 670. The van der Waals surface area contributed by atoms with E-state index >= 15 is 0 Å². The SMILES string of the molecule is CSc1ccccc1C(O)c1cc2ccccc2o1. The zero-order chi connectivity index (χ0) is 13.2. The van der Waals surface area contributed by atoms with E-state index in [9.17, 15) is 5.11 Å². The van der Waals surface area contributed by atoms with E-state index in [-0.39, 0.29) is 0 Å². The lowest BCUT2D eigenvalue weighted by Crippen LogP contribution is -1.99. The molecule has 1 unspecified atom stereocenters. The molecule has 0 bridgehead atoms. The van der Waals surface area contributed by atoms with Crippen LogP contribution in [0.15, 0.2) is 63.9 Å². The molecule has 19 heavy (non-hydrogen) atoms. The van der Waals surface area contributed by atoms with E-state index in [1.54, 1.807) is 11.8 Å². The van der Waals surface area contributed by atoms with E-state index in [0.29, 0.717) is 5.76 Å². The average Bonchev–Trinajstić information content (AvgIpc) is 2.90. The number of furan rings is 1. The molecule has 1 aromatic heterocycles. The molecule has 2 nitrogen and oxygen atoms in total. The van der Waals surface area contributed by atoms with E-state index in [1.165, 1.54) is 0 Å². The van der Waals surface area contributed by atoms with Crippen molar-refractivity contribution in [2.24, 2.45) is 0 Å². The van der Waals surface area contributed by atoms with Gasteiger partial charge in [-0.05, 0) is 24.5 Å². The summed E-state index contributed by atoms with van der Waals surface area (Å²) in [5.74, 6) is 0.586. The Hall–Kier alpha value is -1.71. The topological polar surface area (TPSA) is 33.4 Å². The maximum absolute atomic E-state index is 10.5. The van der Waals surface area contributed by atoms with E-state index in [2.05, 4.69) is 0 Å². The summed E-state index contributed by atoms with van der Waals surface area (Å²) < 4.78 is 5.72. The molecule has 0 saturated carbocycles. The van der Waals surface area contributed by atoms with Gasteiger partial charge < -0.3 is 9.52 Å². The van der Waals surface area contributed by atoms with Gasteiger partial charge in [-0.2, -0.15) is 0 Å². The summed E-state index contributed by atoms with van der Waals surface area (Å²) in [5.41, 5.74) is 1.69. The van der Waals surface area contributed by atoms with Crippen LogP contribution in [0.5, 0.6) is 0 Å². The van der Waals surface area contributed by atoms with Crippen LogP contribution >= 0.6 is 11.8 Å². The van der Waals surface area contributed by atoms with Crippen molar-refractivity contribution in [3.63, 3.8) is 0 Å². The van der Waals surface area contributed by atoms with Crippen LogP contribution in [0.3, 0.4) is 0 Å². The number of fused-ring (bicyclic) bond motifs is 1. The molecule has 1 heterocycles. The zero-order valence-electron chi connectivity index (χ0n) is 10.5. The Labute approximate surface area is 116 Å². The quantitative estimate of drug-likeness (QED) is 0.723. The first-order valence-corrected chi connectivity index (χ1v) is 7.31. The lowest BCUT2D eigenvalue weighted by molar-refractivity contribution is 0.189. The van der Waals surface area contributed by atoms with Crippen molar-refractivity contribution in [1.82, 2.24) is 0 Å². The largest absolute Gasteiger partial charge is 0.458 e. The fourth-order valence-electron chi connectivity index (χ4n) is 2.18. The van der Waals surface area contributed by atoms with E-state index in [0.717, 1.165) is 21.4 Å². The van der Waals surface area contributed by atoms with Crippen LogP contribution in [0.1, 0.15) is 17.4 Å². The molecule has 0 radical (unpaired) electrons. The standard InChI is InChI=1S/C16H14O2S/c1-19-15-9-5-3-7-12(15)16(17)14-10-11-6-2-4-8-13(11)18-14/h2-10,16-17H,1H3. The van der Waals surface area contributed by atoms with Crippen molar-refractivity contribution in [2.45, 2.75) is 11.0 Å². The summed E-state index contributed by atoms with van der Waals surface area (Å²) in [6, 6.07) is 17.5. The number of para-hydroxylation sites is 1. The van der Waals surface area contributed by atoms with Gasteiger partial charge in [-0.15, -0.1) is 11.8 Å². The second kappa shape index (κ2) is 5.11. The minimum Gasteiger partial charge on any atom is -0.458 e. The number of thioether (sulfide) groups is 1. The van der Waals surface area contributed by atoms with Gasteiger partial charge in [0.1, 0.15) is 17.4 Å². The molecule has 0 saturated heterocycles. The molecule has 1 N–H and O–H groups in total. The van der Waals surface area contributed by atoms with Crippen molar-refractivity contribution in [1.29, 1.82) is 0 Å². The first-order chi connectivity index (χ1) is 9.29. The molecule has 0 spiro atoms. The van der Waals surface area contributed by atoms with Gasteiger partial charge in [0.15, 0.2) is 0 Å². The lowest BCUT2D eigenvalue weighted by atomic mass is 10.1. The molecule has 0 fully saturated rings. The zero-order valence-corrected chi connectivity index (χ0v) is 11.4. The third-order valence-electron chi connectivity index (χ3n) is 3.15. The molecule has 0 aliphatic heterocycles. The third-order valence-corrected chi connectivity index (χ3v) is 3.96. The van der Waals surface area contributed by atoms with E-state index < -0.39 is 6.10 Å². The number of hydrogen-bond acceptors (Lipinski definition) is 3. The van der Waals surface area contributed by atoms with Gasteiger partial charge in [-0.25, -0.2) is 0 Å². The monoisotopic (exact) mass is 270 g/mol. The Kier molecular flexibility index (Phi) is 3.32. The molecular weight excluding hydrogens is 256 g/mol. The van der Waals surface area contributed by atoms with E-state index in [1.807, 2.05) is 60.9 Å². The van der Waals surface area contributed by atoms with Gasteiger partial charge in [-0.1, -0.05) is 36.4 Å². The van der Waals surface area contributed by atoms with E-state index in [4.69, 9.17) is 4.42 Å². The molecule has 0 aliphatic rings. The van der Waals surface area contributed by atoms with Crippen LogP contribution < -0.4 is 0 Å². The summed E-state index contributed by atoms with van der Waals surface area (Å²) in [7, 11) is 0. The van der Waals surface area contributed by atoms with Gasteiger partial charge in [-0.3, -0.25) is 0 Å².